The van der Waals surface area contributed by atoms with Crippen molar-refractivity contribution >= 4 is 17.3 Å². The summed E-state index contributed by atoms with van der Waals surface area (Å²) in [5, 5.41) is 2.92. The third kappa shape index (κ3) is 4.61. The second kappa shape index (κ2) is 7.85. The summed E-state index contributed by atoms with van der Waals surface area (Å²) in [5.41, 5.74) is 1.83. The molecule has 0 bridgehead atoms. The molecule has 0 N–H and O–H groups in total. The molecule has 112 valence electrons. The molecule has 6 heteroatoms. The first-order valence-corrected chi connectivity index (χ1v) is 7.76. The van der Waals surface area contributed by atoms with Gasteiger partial charge in [0.05, 0.1) is 25.0 Å². The van der Waals surface area contributed by atoms with E-state index in [1.54, 1.807) is 17.5 Å². The van der Waals surface area contributed by atoms with Crippen LogP contribution in [0.4, 0.5) is 0 Å². The van der Waals surface area contributed by atoms with Crippen LogP contribution in [0, 0.1) is 0 Å². The van der Waals surface area contributed by atoms with E-state index >= 15 is 0 Å². The number of methoxy groups -OCH3 is 1. The summed E-state index contributed by atoms with van der Waals surface area (Å²) >= 11 is 1.57. The van der Waals surface area contributed by atoms with Crippen molar-refractivity contribution in [1.82, 2.24) is 14.9 Å². The third-order valence-corrected chi connectivity index (χ3v) is 3.86. The van der Waals surface area contributed by atoms with Crippen LogP contribution >= 0.6 is 11.3 Å². The van der Waals surface area contributed by atoms with E-state index in [-0.39, 0.29) is 5.97 Å². The van der Waals surface area contributed by atoms with Crippen molar-refractivity contribution in [2.45, 2.75) is 19.9 Å². The summed E-state index contributed by atoms with van der Waals surface area (Å²) in [4.78, 5) is 22.4. The summed E-state index contributed by atoms with van der Waals surface area (Å²) in [6.45, 7) is 3.86. The van der Waals surface area contributed by atoms with Crippen molar-refractivity contribution < 1.29 is 9.53 Å². The standard InChI is InChI=1S/C15H19N3O2S/c1-3-8-18(10-14(19)20-2)9-12-11-21-15(17-12)13-6-4-5-7-16-13/h4-7,11H,3,8-10H2,1-2H3. The van der Waals surface area contributed by atoms with Crippen LogP contribution < -0.4 is 0 Å². The zero-order valence-electron chi connectivity index (χ0n) is 12.3. The second-order valence-electron chi connectivity index (χ2n) is 4.65. The van der Waals surface area contributed by atoms with Gasteiger partial charge in [-0.2, -0.15) is 0 Å². The summed E-state index contributed by atoms with van der Waals surface area (Å²) in [5.74, 6) is -0.219. The van der Waals surface area contributed by atoms with Gasteiger partial charge in [0.1, 0.15) is 5.01 Å². The molecule has 0 amide bonds. The van der Waals surface area contributed by atoms with Crippen LogP contribution in [0.1, 0.15) is 19.0 Å². The van der Waals surface area contributed by atoms with Gasteiger partial charge in [-0.25, -0.2) is 4.98 Å². The molecule has 0 spiro atoms. The molecule has 0 fully saturated rings. The quantitative estimate of drug-likeness (QED) is 0.736. The minimum Gasteiger partial charge on any atom is -0.468 e. The predicted octanol–water partition coefficient (Wildman–Crippen LogP) is 2.59. The first-order chi connectivity index (χ1) is 10.2. The molecule has 2 heterocycles. The van der Waals surface area contributed by atoms with Gasteiger partial charge in [-0.15, -0.1) is 11.3 Å². The Kier molecular flexibility index (Phi) is 5.83. The Balaban J connectivity index is 2.04. The largest absolute Gasteiger partial charge is 0.468 e. The number of hydrogen-bond acceptors (Lipinski definition) is 6. The zero-order valence-corrected chi connectivity index (χ0v) is 13.1. The van der Waals surface area contributed by atoms with E-state index in [2.05, 4.69) is 16.9 Å². The van der Waals surface area contributed by atoms with Gasteiger partial charge in [0.15, 0.2) is 0 Å². The number of esters is 1. The molecule has 0 aliphatic heterocycles. The third-order valence-electron chi connectivity index (χ3n) is 2.94. The fraction of sp³-hybridized carbons (Fsp3) is 0.400. The maximum absolute atomic E-state index is 11.4. The van der Waals surface area contributed by atoms with E-state index in [1.165, 1.54) is 7.11 Å². The van der Waals surface area contributed by atoms with E-state index in [0.29, 0.717) is 13.1 Å². The highest BCUT2D eigenvalue weighted by Crippen LogP contribution is 2.22. The first-order valence-electron chi connectivity index (χ1n) is 6.88. The fourth-order valence-electron chi connectivity index (χ4n) is 1.99. The number of pyridine rings is 1. The van der Waals surface area contributed by atoms with Crippen LogP contribution in [0.5, 0.6) is 0 Å². The molecule has 0 aliphatic rings. The molecule has 2 rings (SSSR count). The van der Waals surface area contributed by atoms with Gasteiger partial charge < -0.3 is 4.74 Å². The van der Waals surface area contributed by atoms with E-state index < -0.39 is 0 Å². The SMILES string of the molecule is CCCN(CC(=O)OC)Cc1csc(-c2ccccn2)n1. The second-order valence-corrected chi connectivity index (χ2v) is 5.50. The number of aromatic nitrogens is 2. The number of ether oxygens (including phenoxy) is 1. The van der Waals surface area contributed by atoms with Crippen LogP contribution in [0.25, 0.3) is 10.7 Å². The molecule has 0 saturated carbocycles. The number of carbonyl (C=O) groups is 1. The van der Waals surface area contributed by atoms with Crippen molar-refractivity contribution in [2.24, 2.45) is 0 Å². The van der Waals surface area contributed by atoms with Gasteiger partial charge in [-0.3, -0.25) is 14.7 Å². The summed E-state index contributed by atoms with van der Waals surface area (Å²) in [7, 11) is 1.41. The van der Waals surface area contributed by atoms with Crippen LogP contribution in [0.2, 0.25) is 0 Å². The van der Waals surface area contributed by atoms with Crippen molar-refractivity contribution in [3.8, 4) is 10.7 Å². The summed E-state index contributed by atoms with van der Waals surface area (Å²) in [6, 6.07) is 5.78. The normalized spacial score (nSPS) is 10.8. The summed E-state index contributed by atoms with van der Waals surface area (Å²) < 4.78 is 4.73. The Labute approximate surface area is 128 Å². The van der Waals surface area contributed by atoms with Crippen molar-refractivity contribution in [3.05, 3.63) is 35.5 Å². The van der Waals surface area contributed by atoms with E-state index in [4.69, 9.17) is 4.74 Å². The monoisotopic (exact) mass is 305 g/mol. The van der Waals surface area contributed by atoms with Gasteiger partial charge >= 0.3 is 5.97 Å². The smallest absolute Gasteiger partial charge is 0.319 e. The molecule has 0 radical (unpaired) electrons. The molecule has 5 nitrogen and oxygen atoms in total. The van der Waals surface area contributed by atoms with E-state index in [1.807, 2.05) is 28.5 Å². The zero-order chi connectivity index (χ0) is 15.1. The molecule has 0 saturated heterocycles. The molecular formula is C15H19N3O2S. The molecule has 2 aromatic rings. The Morgan fingerprint density at radius 1 is 1.43 bits per heavy atom. The maximum Gasteiger partial charge on any atom is 0.319 e. The van der Waals surface area contributed by atoms with E-state index in [9.17, 15) is 4.79 Å². The Hall–Kier alpha value is -1.79. The Morgan fingerprint density at radius 3 is 2.95 bits per heavy atom. The first kappa shape index (κ1) is 15.6. The number of thiazole rings is 1. The van der Waals surface area contributed by atoms with Crippen LogP contribution in [0.3, 0.4) is 0 Å². The number of carbonyl (C=O) groups excluding carboxylic acids is 1. The van der Waals surface area contributed by atoms with Crippen molar-refractivity contribution in [1.29, 1.82) is 0 Å². The van der Waals surface area contributed by atoms with Crippen molar-refractivity contribution in [3.63, 3.8) is 0 Å². The molecule has 0 atom stereocenters. The van der Waals surface area contributed by atoms with Crippen LogP contribution in [-0.4, -0.2) is 41.0 Å². The lowest BCUT2D eigenvalue weighted by atomic mass is 10.3. The van der Waals surface area contributed by atoms with E-state index in [0.717, 1.165) is 29.4 Å². The minimum atomic E-state index is -0.219. The van der Waals surface area contributed by atoms with Crippen LogP contribution in [0.15, 0.2) is 29.8 Å². The molecular weight excluding hydrogens is 286 g/mol. The lowest BCUT2D eigenvalue weighted by molar-refractivity contribution is -0.142. The topological polar surface area (TPSA) is 55.3 Å². The van der Waals surface area contributed by atoms with Gasteiger partial charge in [-0.1, -0.05) is 13.0 Å². The highest BCUT2D eigenvalue weighted by Gasteiger charge is 2.13. The molecule has 0 aliphatic carbocycles. The van der Waals surface area contributed by atoms with Crippen LogP contribution in [-0.2, 0) is 16.1 Å². The molecule has 21 heavy (non-hydrogen) atoms. The van der Waals surface area contributed by atoms with Gasteiger partial charge in [0, 0.05) is 18.1 Å². The fourth-order valence-corrected chi connectivity index (χ4v) is 2.78. The Morgan fingerprint density at radius 2 is 2.29 bits per heavy atom. The van der Waals surface area contributed by atoms with Gasteiger partial charge in [0.2, 0.25) is 0 Å². The predicted molar refractivity (Wildman–Crippen MR) is 82.9 cm³/mol. The van der Waals surface area contributed by atoms with Gasteiger partial charge in [-0.05, 0) is 25.1 Å². The molecule has 0 unspecified atom stereocenters. The number of rotatable bonds is 7. The van der Waals surface area contributed by atoms with Gasteiger partial charge in [0.25, 0.3) is 0 Å². The molecule has 0 aromatic carbocycles. The number of hydrogen-bond donors (Lipinski definition) is 0. The minimum absolute atomic E-state index is 0.219. The summed E-state index contributed by atoms with van der Waals surface area (Å²) in [6.07, 6.45) is 2.74. The molecule has 2 aromatic heterocycles. The highest BCUT2D eigenvalue weighted by molar-refractivity contribution is 7.13. The van der Waals surface area contributed by atoms with Crippen molar-refractivity contribution in [2.75, 3.05) is 20.2 Å². The lowest BCUT2D eigenvalue weighted by Gasteiger charge is -2.18. The average Bonchev–Trinajstić information content (AvgIpc) is 2.97. The highest BCUT2D eigenvalue weighted by atomic mass is 32.1. The Bertz CT molecular complexity index is 571. The lowest BCUT2D eigenvalue weighted by Crippen LogP contribution is -2.31. The average molecular weight is 305 g/mol. The number of nitrogens with zero attached hydrogens (tertiary/aromatic N) is 3. The maximum atomic E-state index is 11.4.